The van der Waals surface area contributed by atoms with Crippen LogP contribution in [0.1, 0.15) is 0 Å². The SMILES string of the molecule is FN1[C@@](F)(C(F)(F)F)C(F)(F)C(F)(F)C(F)(F)[C@@]1(F)C(F)(F)F. The van der Waals surface area contributed by atoms with Crippen LogP contribution in [0.5, 0.6) is 0 Å². The Balaban J connectivity index is 3.96. The van der Waals surface area contributed by atoms with Gasteiger partial charge in [0.25, 0.3) is 0 Å². The van der Waals surface area contributed by atoms with E-state index in [1.54, 1.807) is 0 Å². The summed E-state index contributed by atoms with van der Waals surface area (Å²) >= 11 is 0. The van der Waals surface area contributed by atoms with Crippen molar-refractivity contribution in [1.29, 1.82) is 0 Å². The molecule has 0 aromatic heterocycles. The molecule has 1 fully saturated rings. The fourth-order valence-electron chi connectivity index (χ4n) is 1.65. The van der Waals surface area contributed by atoms with Gasteiger partial charge < -0.3 is 0 Å². The molecule has 0 aliphatic carbocycles. The standard InChI is InChI=1S/C7F15N/c8-1(9)2(10,11)4(14,6(16,17)18)23(22)5(15,3(1,12)13)7(19,20)21/t4-,5+. The molecular weight excluding hydrogens is 383 g/mol. The molecule has 1 aliphatic rings. The van der Waals surface area contributed by atoms with Crippen molar-refractivity contribution >= 4 is 0 Å². The van der Waals surface area contributed by atoms with Crippen LogP contribution in [0.25, 0.3) is 0 Å². The summed E-state index contributed by atoms with van der Waals surface area (Å²) in [5.74, 6) is -39.0. The Labute approximate surface area is 114 Å². The predicted molar refractivity (Wildman–Crippen MR) is 37.6 cm³/mol. The summed E-state index contributed by atoms with van der Waals surface area (Å²) in [4.78, 5) is 0. The highest BCUT2D eigenvalue weighted by molar-refractivity contribution is 5.22. The summed E-state index contributed by atoms with van der Waals surface area (Å²) in [6.45, 7) is 0. The summed E-state index contributed by atoms with van der Waals surface area (Å²) < 4.78 is 189. The Morgan fingerprint density at radius 2 is 0.696 bits per heavy atom. The van der Waals surface area contributed by atoms with Crippen LogP contribution in [0, 0.1) is 0 Å². The molecule has 138 valence electrons. The van der Waals surface area contributed by atoms with Gasteiger partial charge in [-0.1, -0.05) is 0 Å². The first-order valence-corrected chi connectivity index (χ1v) is 4.76. The van der Waals surface area contributed by atoms with Crippen LogP contribution >= 0.6 is 0 Å². The molecule has 0 spiro atoms. The van der Waals surface area contributed by atoms with Gasteiger partial charge in [0, 0.05) is 0 Å². The van der Waals surface area contributed by atoms with E-state index in [0.717, 1.165) is 0 Å². The Kier molecular flexibility index (Phi) is 3.73. The van der Waals surface area contributed by atoms with Crippen molar-refractivity contribution < 1.29 is 65.9 Å². The lowest BCUT2D eigenvalue weighted by molar-refractivity contribution is -0.552. The first-order valence-electron chi connectivity index (χ1n) is 4.76. The third-order valence-electron chi connectivity index (χ3n) is 2.91. The Morgan fingerprint density at radius 3 is 0.870 bits per heavy atom. The highest BCUT2D eigenvalue weighted by Gasteiger charge is 3.02. The van der Waals surface area contributed by atoms with Gasteiger partial charge in [0.1, 0.15) is 0 Å². The Morgan fingerprint density at radius 1 is 0.478 bits per heavy atom. The Hall–Kier alpha value is -1.09. The minimum atomic E-state index is -7.91. The van der Waals surface area contributed by atoms with Crippen LogP contribution < -0.4 is 0 Å². The largest absolute Gasteiger partial charge is 0.445 e. The van der Waals surface area contributed by atoms with Crippen molar-refractivity contribution in [3.63, 3.8) is 0 Å². The van der Waals surface area contributed by atoms with Gasteiger partial charge in [0.15, 0.2) is 0 Å². The lowest BCUT2D eigenvalue weighted by Crippen LogP contribution is -2.87. The molecule has 16 heteroatoms. The van der Waals surface area contributed by atoms with E-state index in [2.05, 4.69) is 0 Å². The van der Waals surface area contributed by atoms with Crippen molar-refractivity contribution in [3.05, 3.63) is 0 Å². The molecule has 23 heavy (non-hydrogen) atoms. The summed E-state index contributed by atoms with van der Waals surface area (Å²) in [5, 5.41) is -4.31. The van der Waals surface area contributed by atoms with E-state index in [1.165, 1.54) is 0 Å². The van der Waals surface area contributed by atoms with Gasteiger partial charge in [-0.25, -0.2) is 8.78 Å². The molecule has 0 N–H and O–H groups in total. The zero-order valence-corrected chi connectivity index (χ0v) is 9.62. The fraction of sp³-hybridized carbons (Fsp3) is 1.00. The van der Waals surface area contributed by atoms with Crippen LogP contribution in [0.2, 0.25) is 0 Å². The van der Waals surface area contributed by atoms with Gasteiger partial charge in [0.05, 0.1) is 0 Å². The lowest BCUT2D eigenvalue weighted by Gasteiger charge is -2.53. The molecule has 1 aliphatic heterocycles. The Bertz CT molecular complexity index is 447. The number of halogens is 15. The van der Waals surface area contributed by atoms with Crippen LogP contribution in [-0.4, -0.2) is 46.8 Å². The number of alkyl halides is 14. The summed E-state index contributed by atoms with van der Waals surface area (Å²) in [6.07, 6.45) is -15.3. The maximum atomic E-state index is 13.2. The smallest absolute Gasteiger partial charge is 0.206 e. The zero-order valence-electron chi connectivity index (χ0n) is 9.62. The van der Waals surface area contributed by atoms with Gasteiger partial charge in [-0.15, -0.1) is 4.48 Å². The van der Waals surface area contributed by atoms with Crippen LogP contribution in [0.15, 0.2) is 0 Å². The van der Waals surface area contributed by atoms with E-state index in [-0.39, 0.29) is 0 Å². The first-order chi connectivity index (χ1) is 9.65. The molecule has 1 saturated heterocycles. The summed E-state index contributed by atoms with van der Waals surface area (Å²) in [5.41, 5.74) is 0. The van der Waals surface area contributed by atoms with Crippen molar-refractivity contribution in [3.8, 4) is 0 Å². The van der Waals surface area contributed by atoms with Crippen LogP contribution in [0.4, 0.5) is 65.9 Å². The molecule has 0 aromatic carbocycles. The molecule has 0 unspecified atom stereocenters. The second kappa shape index (κ2) is 4.30. The van der Waals surface area contributed by atoms with Crippen molar-refractivity contribution in [2.45, 2.75) is 41.7 Å². The van der Waals surface area contributed by atoms with E-state index in [0.29, 0.717) is 0 Å². The van der Waals surface area contributed by atoms with E-state index in [9.17, 15) is 65.9 Å². The van der Waals surface area contributed by atoms with E-state index >= 15 is 0 Å². The number of hydrogen-bond donors (Lipinski definition) is 0. The number of nitrogens with zero attached hydrogens (tertiary/aromatic N) is 1. The summed E-state index contributed by atoms with van der Waals surface area (Å²) in [7, 11) is 0. The lowest BCUT2D eigenvalue weighted by atomic mass is 9.83. The first kappa shape index (κ1) is 20.0. The molecule has 2 atom stereocenters. The molecular formula is C7F15N. The zero-order chi connectivity index (χ0) is 19.1. The van der Waals surface area contributed by atoms with Gasteiger partial charge in [-0.3, -0.25) is 0 Å². The molecule has 1 rings (SSSR count). The molecule has 0 bridgehead atoms. The average Bonchev–Trinajstić information content (AvgIpc) is 2.30. The molecule has 1 heterocycles. The summed E-state index contributed by atoms with van der Waals surface area (Å²) in [6, 6.07) is 0. The molecule has 0 saturated carbocycles. The van der Waals surface area contributed by atoms with Crippen molar-refractivity contribution in [2.24, 2.45) is 0 Å². The quantitative estimate of drug-likeness (QED) is 0.337. The van der Waals surface area contributed by atoms with Gasteiger partial charge in [-0.05, 0) is 5.12 Å². The minimum Gasteiger partial charge on any atom is -0.206 e. The second-order valence-corrected chi connectivity index (χ2v) is 4.24. The average molecular weight is 383 g/mol. The number of piperidine rings is 1. The topological polar surface area (TPSA) is 3.24 Å². The normalized spacial score (nSPS) is 37.7. The van der Waals surface area contributed by atoms with Crippen molar-refractivity contribution in [2.75, 3.05) is 0 Å². The minimum absolute atomic E-state index is 4.31. The molecule has 0 aromatic rings. The molecule has 0 amide bonds. The highest BCUT2D eigenvalue weighted by atomic mass is 19.4. The van der Waals surface area contributed by atoms with E-state index < -0.39 is 46.8 Å². The maximum absolute atomic E-state index is 13.2. The van der Waals surface area contributed by atoms with E-state index in [1.807, 2.05) is 0 Å². The highest BCUT2D eigenvalue weighted by Crippen LogP contribution is 2.69. The molecule has 1 nitrogen and oxygen atoms in total. The van der Waals surface area contributed by atoms with Gasteiger partial charge in [0.2, 0.25) is 0 Å². The number of rotatable bonds is 0. The van der Waals surface area contributed by atoms with Crippen molar-refractivity contribution in [1.82, 2.24) is 5.12 Å². The van der Waals surface area contributed by atoms with E-state index in [4.69, 9.17) is 0 Å². The second-order valence-electron chi connectivity index (χ2n) is 4.24. The van der Waals surface area contributed by atoms with Crippen LogP contribution in [-0.2, 0) is 0 Å². The van der Waals surface area contributed by atoms with Gasteiger partial charge >= 0.3 is 41.7 Å². The van der Waals surface area contributed by atoms with Gasteiger partial charge in [-0.2, -0.15) is 52.7 Å². The predicted octanol–water partition coefficient (Wildman–Crippen LogP) is 4.55. The number of hydrogen-bond acceptors (Lipinski definition) is 1. The third-order valence-corrected chi connectivity index (χ3v) is 2.91. The fourth-order valence-corrected chi connectivity index (χ4v) is 1.65. The monoisotopic (exact) mass is 383 g/mol. The molecule has 0 radical (unpaired) electrons. The third kappa shape index (κ3) is 1.77. The van der Waals surface area contributed by atoms with Crippen LogP contribution in [0.3, 0.4) is 0 Å². The maximum Gasteiger partial charge on any atom is 0.445 e.